The van der Waals surface area contributed by atoms with Gasteiger partial charge in [-0.1, -0.05) is 12.1 Å². The van der Waals surface area contributed by atoms with Gasteiger partial charge in [-0.25, -0.2) is 13.9 Å². The summed E-state index contributed by atoms with van der Waals surface area (Å²) in [5.41, 5.74) is -0.702. The van der Waals surface area contributed by atoms with Crippen molar-refractivity contribution >= 4 is 11.9 Å². The van der Waals surface area contributed by atoms with E-state index >= 15 is 0 Å². The molecule has 0 spiro atoms. The molecule has 1 amide bonds. The minimum atomic E-state index is -1.24. The van der Waals surface area contributed by atoms with Crippen LogP contribution in [0.4, 0.5) is 4.39 Å². The Morgan fingerprint density at radius 2 is 2.08 bits per heavy atom. The standard InChI is InChI=1S/C17H16FN3O5/c1-10-8-14(22)15(19-21(10)12-5-3-2-4-11(12)18)16(23)20-6-7-26-9-13(20)17(24)25/h2-5,8,13H,6-7,9H2,1H3,(H,24,25)/t13-/m0/s1. The number of para-hydroxylation sites is 1. The Morgan fingerprint density at radius 3 is 2.77 bits per heavy atom. The molecule has 0 bridgehead atoms. The molecule has 1 aliphatic rings. The van der Waals surface area contributed by atoms with Gasteiger partial charge in [0.1, 0.15) is 11.5 Å². The van der Waals surface area contributed by atoms with E-state index in [-0.39, 0.29) is 25.4 Å². The first-order valence-electron chi connectivity index (χ1n) is 7.87. The maximum Gasteiger partial charge on any atom is 0.328 e. The van der Waals surface area contributed by atoms with Crippen molar-refractivity contribution in [3.05, 3.63) is 57.8 Å². The first-order chi connectivity index (χ1) is 12.4. The molecule has 1 saturated heterocycles. The van der Waals surface area contributed by atoms with E-state index in [4.69, 9.17) is 4.74 Å². The molecule has 0 unspecified atom stereocenters. The Hall–Kier alpha value is -3.07. The molecule has 1 N–H and O–H groups in total. The zero-order valence-corrected chi connectivity index (χ0v) is 13.9. The molecule has 1 fully saturated rings. The highest BCUT2D eigenvalue weighted by molar-refractivity contribution is 5.95. The Bertz CT molecular complexity index is 927. The summed E-state index contributed by atoms with van der Waals surface area (Å²) in [7, 11) is 0. The van der Waals surface area contributed by atoms with Crippen LogP contribution in [0, 0.1) is 12.7 Å². The summed E-state index contributed by atoms with van der Waals surface area (Å²) in [5, 5.41) is 13.3. The number of morpholine rings is 1. The van der Waals surface area contributed by atoms with Gasteiger partial charge in [-0.05, 0) is 19.1 Å². The molecule has 1 atom stereocenters. The zero-order valence-electron chi connectivity index (χ0n) is 13.9. The summed E-state index contributed by atoms with van der Waals surface area (Å²) in [6.07, 6.45) is 0. The highest BCUT2D eigenvalue weighted by Gasteiger charge is 2.35. The summed E-state index contributed by atoms with van der Waals surface area (Å²) >= 11 is 0. The third-order valence-electron chi connectivity index (χ3n) is 4.07. The van der Waals surface area contributed by atoms with Gasteiger partial charge >= 0.3 is 5.97 Å². The molecule has 1 aromatic heterocycles. The second-order valence-electron chi connectivity index (χ2n) is 5.79. The van der Waals surface area contributed by atoms with Gasteiger partial charge in [0.25, 0.3) is 5.91 Å². The Morgan fingerprint density at radius 1 is 1.35 bits per heavy atom. The van der Waals surface area contributed by atoms with Gasteiger partial charge in [-0.2, -0.15) is 5.10 Å². The second kappa shape index (κ2) is 7.04. The van der Waals surface area contributed by atoms with Crippen LogP contribution in [0.15, 0.2) is 35.1 Å². The number of benzene rings is 1. The van der Waals surface area contributed by atoms with Gasteiger partial charge in [0.05, 0.1) is 13.2 Å². The molecule has 0 radical (unpaired) electrons. The third kappa shape index (κ3) is 3.21. The predicted octanol–water partition coefficient (Wildman–Crippen LogP) is 0.606. The molecule has 8 nitrogen and oxygen atoms in total. The third-order valence-corrected chi connectivity index (χ3v) is 4.07. The molecular formula is C17H16FN3O5. The lowest BCUT2D eigenvalue weighted by atomic mass is 10.2. The average molecular weight is 361 g/mol. The molecule has 3 rings (SSSR count). The average Bonchev–Trinajstić information content (AvgIpc) is 2.62. The van der Waals surface area contributed by atoms with E-state index in [2.05, 4.69) is 5.10 Å². The van der Waals surface area contributed by atoms with E-state index in [1.54, 1.807) is 13.0 Å². The van der Waals surface area contributed by atoms with E-state index in [0.29, 0.717) is 5.69 Å². The Labute approximate surface area is 147 Å². The van der Waals surface area contributed by atoms with Gasteiger partial charge in [0.15, 0.2) is 11.7 Å². The summed E-state index contributed by atoms with van der Waals surface area (Å²) in [6, 6.07) is 5.76. The van der Waals surface area contributed by atoms with Crippen LogP contribution in [0.5, 0.6) is 0 Å². The van der Waals surface area contributed by atoms with Crippen molar-refractivity contribution in [2.24, 2.45) is 0 Å². The van der Waals surface area contributed by atoms with Crippen molar-refractivity contribution in [2.75, 3.05) is 19.8 Å². The maximum absolute atomic E-state index is 14.1. The highest BCUT2D eigenvalue weighted by Crippen LogP contribution is 2.15. The minimum absolute atomic E-state index is 0.0183. The first-order valence-corrected chi connectivity index (χ1v) is 7.87. The van der Waals surface area contributed by atoms with Crippen LogP contribution < -0.4 is 5.43 Å². The van der Waals surface area contributed by atoms with E-state index in [0.717, 1.165) is 9.58 Å². The summed E-state index contributed by atoms with van der Waals surface area (Å²) in [4.78, 5) is 37.4. The van der Waals surface area contributed by atoms with Crippen LogP contribution in [0.2, 0.25) is 0 Å². The van der Waals surface area contributed by atoms with Gasteiger partial charge in [-0.3, -0.25) is 9.59 Å². The number of ether oxygens (including phenoxy) is 1. The molecular weight excluding hydrogens is 345 g/mol. The lowest BCUT2D eigenvalue weighted by molar-refractivity contribution is -0.147. The van der Waals surface area contributed by atoms with E-state index in [1.807, 2.05) is 0 Å². The quantitative estimate of drug-likeness (QED) is 0.859. The number of nitrogens with zero attached hydrogens (tertiary/aromatic N) is 3. The van der Waals surface area contributed by atoms with E-state index in [1.165, 1.54) is 24.3 Å². The topological polar surface area (TPSA) is 102 Å². The second-order valence-corrected chi connectivity index (χ2v) is 5.79. The number of hydrogen-bond donors (Lipinski definition) is 1. The normalized spacial score (nSPS) is 17.2. The van der Waals surface area contributed by atoms with Crippen LogP contribution in [-0.2, 0) is 9.53 Å². The SMILES string of the molecule is Cc1cc(=O)c(C(=O)N2CCOC[C@H]2C(=O)O)nn1-c1ccccc1F. The molecule has 1 aliphatic heterocycles. The number of aromatic nitrogens is 2. The number of carboxylic acids is 1. The van der Waals surface area contributed by atoms with E-state index in [9.17, 15) is 23.9 Å². The summed E-state index contributed by atoms with van der Waals surface area (Å²) in [6.45, 7) is 1.56. The largest absolute Gasteiger partial charge is 0.480 e. The number of carboxylic acid groups (broad SMARTS) is 1. The number of hydrogen-bond acceptors (Lipinski definition) is 5. The van der Waals surface area contributed by atoms with Gasteiger partial charge in [0, 0.05) is 18.3 Å². The fourth-order valence-corrected chi connectivity index (χ4v) is 2.75. The molecule has 26 heavy (non-hydrogen) atoms. The number of carbonyl (C=O) groups excluding carboxylic acids is 1. The molecule has 1 aromatic carbocycles. The number of aryl methyl sites for hydroxylation is 1. The molecule has 2 aromatic rings. The van der Waals surface area contributed by atoms with Gasteiger partial charge in [0.2, 0.25) is 5.43 Å². The van der Waals surface area contributed by atoms with Crippen molar-refractivity contribution in [2.45, 2.75) is 13.0 Å². The molecule has 2 heterocycles. The Balaban J connectivity index is 2.06. The van der Waals surface area contributed by atoms with Crippen molar-refractivity contribution in [1.29, 1.82) is 0 Å². The lowest BCUT2D eigenvalue weighted by Crippen LogP contribution is -2.53. The highest BCUT2D eigenvalue weighted by atomic mass is 19.1. The van der Waals surface area contributed by atoms with Gasteiger partial charge < -0.3 is 14.7 Å². The van der Waals surface area contributed by atoms with Crippen LogP contribution in [-0.4, -0.2) is 57.5 Å². The lowest BCUT2D eigenvalue weighted by Gasteiger charge is -2.32. The number of aliphatic carboxylic acids is 1. The van der Waals surface area contributed by atoms with E-state index < -0.39 is 34.9 Å². The van der Waals surface area contributed by atoms with Crippen LogP contribution >= 0.6 is 0 Å². The van der Waals surface area contributed by atoms with Crippen molar-refractivity contribution < 1.29 is 23.8 Å². The molecule has 0 aliphatic carbocycles. The maximum atomic E-state index is 14.1. The number of rotatable bonds is 3. The fourth-order valence-electron chi connectivity index (χ4n) is 2.75. The molecule has 136 valence electrons. The molecule has 9 heteroatoms. The fraction of sp³-hybridized carbons (Fsp3) is 0.294. The Kier molecular flexibility index (Phi) is 4.81. The van der Waals surface area contributed by atoms with Crippen LogP contribution in [0.3, 0.4) is 0 Å². The minimum Gasteiger partial charge on any atom is -0.480 e. The smallest absolute Gasteiger partial charge is 0.328 e. The molecule has 0 saturated carbocycles. The van der Waals surface area contributed by atoms with Crippen LogP contribution in [0.1, 0.15) is 16.2 Å². The van der Waals surface area contributed by atoms with Crippen molar-refractivity contribution in [3.8, 4) is 5.69 Å². The van der Waals surface area contributed by atoms with Gasteiger partial charge in [-0.15, -0.1) is 0 Å². The summed E-state index contributed by atoms with van der Waals surface area (Å²) < 4.78 is 20.3. The van der Waals surface area contributed by atoms with Crippen molar-refractivity contribution in [1.82, 2.24) is 14.7 Å². The number of carbonyl (C=O) groups is 2. The van der Waals surface area contributed by atoms with Crippen LogP contribution in [0.25, 0.3) is 5.69 Å². The number of amides is 1. The monoisotopic (exact) mass is 361 g/mol. The zero-order chi connectivity index (χ0) is 18.8. The number of halogens is 1. The van der Waals surface area contributed by atoms with Crippen molar-refractivity contribution in [3.63, 3.8) is 0 Å². The predicted molar refractivity (Wildman–Crippen MR) is 87.8 cm³/mol. The summed E-state index contributed by atoms with van der Waals surface area (Å²) in [5.74, 6) is -2.63. The first kappa shape index (κ1) is 17.7.